The number of carbonyl (C=O) groups is 4. The van der Waals surface area contributed by atoms with Gasteiger partial charge in [0.2, 0.25) is 0 Å². The summed E-state index contributed by atoms with van der Waals surface area (Å²) in [6, 6.07) is 0. The fraction of sp³-hybridized carbons (Fsp3) is 0.612. The Hall–Kier alpha value is -5.14. The molecular formula is C67H104O12. The zero-order chi connectivity index (χ0) is 57.5. The molecule has 0 amide bonds. The summed E-state index contributed by atoms with van der Waals surface area (Å²) in [5.41, 5.74) is 0. The molecule has 1 saturated heterocycles. The highest BCUT2D eigenvalue weighted by atomic mass is 16.7. The lowest BCUT2D eigenvalue weighted by Crippen LogP contribution is -2.61. The zero-order valence-corrected chi connectivity index (χ0v) is 48.8. The van der Waals surface area contributed by atoms with Crippen molar-refractivity contribution in [2.45, 2.75) is 250 Å². The van der Waals surface area contributed by atoms with Crippen molar-refractivity contribution in [1.82, 2.24) is 0 Å². The molecule has 3 N–H and O–H groups in total. The van der Waals surface area contributed by atoms with E-state index in [1.807, 2.05) is 6.08 Å². The first-order valence-electron chi connectivity index (χ1n) is 30.2. The SMILES string of the molecule is CC/C=C\C/C=C\C/C=C\C/C=C\C/C=C\CCCC(=O)OCC(COC1OC(C(=O)O)C(O)C(O)C1OC(=O)CCCCCCC/C=C\C/C=C\CCCCC)OC(=O)CCCCCC/C=C\C/C=C\C/C=C\C/C=C\CC. The van der Waals surface area contributed by atoms with E-state index in [1.165, 1.54) is 19.3 Å². The van der Waals surface area contributed by atoms with Crippen molar-refractivity contribution >= 4 is 23.9 Å². The van der Waals surface area contributed by atoms with Gasteiger partial charge in [0.15, 0.2) is 24.6 Å². The number of ether oxygens (including phenoxy) is 5. The van der Waals surface area contributed by atoms with Gasteiger partial charge < -0.3 is 39.0 Å². The summed E-state index contributed by atoms with van der Waals surface area (Å²) in [7, 11) is 0. The van der Waals surface area contributed by atoms with E-state index in [4.69, 9.17) is 23.7 Å². The van der Waals surface area contributed by atoms with E-state index in [2.05, 4.69) is 148 Å². The number of aliphatic hydroxyl groups excluding tert-OH is 2. The monoisotopic (exact) mass is 1100 g/mol. The minimum absolute atomic E-state index is 0.0284. The second-order valence-corrected chi connectivity index (χ2v) is 19.9. The number of allylic oxidation sites excluding steroid dienone is 22. The fourth-order valence-electron chi connectivity index (χ4n) is 8.13. The van der Waals surface area contributed by atoms with Crippen LogP contribution in [0.5, 0.6) is 0 Å². The Bertz CT molecular complexity index is 1880. The number of carboxylic acid groups (broad SMARTS) is 1. The molecule has 1 heterocycles. The summed E-state index contributed by atoms with van der Waals surface area (Å²) < 4.78 is 28.4. The number of hydrogen-bond donors (Lipinski definition) is 3. The van der Waals surface area contributed by atoms with Crippen LogP contribution in [0, 0.1) is 0 Å². The summed E-state index contributed by atoms with van der Waals surface area (Å²) in [6.45, 7) is 5.65. The average Bonchev–Trinajstić information content (AvgIpc) is 3.46. The van der Waals surface area contributed by atoms with E-state index >= 15 is 0 Å². The number of rotatable bonds is 49. The Morgan fingerprint density at radius 2 is 0.810 bits per heavy atom. The Balaban J connectivity index is 2.77. The highest BCUT2D eigenvalue weighted by molar-refractivity contribution is 5.74. The van der Waals surface area contributed by atoms with Crippen molar-refractivity contribution in [3.8, 4) is 0 Å². The molecule has 0 aromatic heterocycles. The Labute approximate surface area is 477 Å². The molecule has 444 valence electrons. The molecular weight excluding hydrogens is 997 g/mol. The first-order valence-corrected chi connectivity index (χ1v) is 30.2. The Morgan fingerprint density at radius 3 is 1.25 bits per heavy atom. The molecule has 1 aliphatic rings. The molecule has 1 rings (SSSR count). The maximum absolute atomic E-state index is 13.2. The van der Waals surface area contributed by atoms with Gasteiger partial charge in [-0.3, -0.25) is 14.4 Å². The standard InChI is InChI=1S/C67H104O12/c1-4-7-10-13-16-19-22-25-28-30-33-35-38-41-44-47-50-53-59(68)75-56-58(77-60(69)54-51-48-45-42-39-37-34-31-29-26-23-20-17-14-11-8-5-2)57-76-67-65(63(72)62(71)64(79-67)66(73)74)78-61(70)55-52-49-46-43-40-36-32-27-24-21-18-15-12-9-6-3/h7-8,10-11,16-21,25-29,32-35,37,41,44,58,62-65,67,71-72H,4-6,9,12-15,22-24,30-31,36,38-40,42-43,45-57H2,1-3H3,(H,73,74)/b10-7-,11-8-,19-16-,20-17-,21-18-,28-25-,29-26-,32-27-,35-33-,37-34-,44-41-. The smallest absolute Gasteiger partial charge is 0.335 e. The predicted octanol–water partition coefficient (Wildman–Crippen LogP) is 15.8. The van der Waals surface area contributed by atoms with E-state index in [9.17, 15) is 34.5 Å². The minimum Gasteiger partial charge on any atom is -0.479 e. The lowest BCUT2D eigenvalue weighted by atomic mass is 9.98. The van der Waals surface area contributed by atoms with Gasteiger partial charge in [-0.15, -0.1) is 0 Å². The number of carbonyl (C=O) groups excluding carboxylic acids is 3. The number of carboxylic acids is 1. The number of hydrogen-bond acceptors (Lipinski definition) is 11. The van der Waals surface area contributed by atoms with Crippen LogP contribution in [0.4, 0.5) is 0 Å². The first kappa shape index (κ1) is 71.9. The van der Waals surface area contributed by atoms with Crippen molar-refractivity contribution < 1.29 is 58.2 Å². The van der Waals surface area contributed by atoms with Crippen LogP contribution >= 0.6 is 0 Å². The number of aliphatic hydroxyl groups is 2. The van der Waals surface area contributed by atoms with Crippen LogP contribution in [0.3, 0.4) is 0 Å². The van der Waals surface area contributed by atoms with Crippen LogP contribution in [-0.2, 0) is 42.9 Å². The molecule has 79 heavy (non-hydrogen) atoms. The summed E-state index contributed by atoms with van der Waals surface area (Å²) in [4.78, 5) is 51.2. The van der Waals surface area contributed by atoms with Gasteiger partial charge in [-0.05, 0) is 128 Å². The summed E-state index contributed by atoms with van der Waals surface area (Å²) in [5.74, 6) is -3.27. The predicted molar refractivity (Wildman–Crippen MR) is 321 cm³/mol. The normalized spacial score (nSPS) is 18.8. The van der Waals surface area contributed by atoms with Gasteiger partial charge in [0.1, 0.15) is 18.8 Å². The molecule has 6 atom stereocenters. The third-order valence-corrected chi connectivity index (χ3v) is 12.7. The zero-order valence-electron chi connectivity index (χ0n) is 48.8. The molecule has 0 bridgehead atoms. The van der Waals surface area contributed by atoms with Crippen LogP contribution in [0.25, 0.3) is 0 Å². The fourth-order valence-corrected chi connectivity index (χ4v) is 8.13. The van der Waals surface area contributed by atoms with E-state index in [1.54, 1.807) is 0 Å². The third-order valence-electron chi connectivity index (χ3n) is 12.7. The lowest BCUT2D eigenvalue weighted by molar-refractivity contribution is -0.301. The Kier molecular flexibility index (Phi) is 48.7. The van der Waals surface area contributed by atoms with Crippen molar-refractivity contribution in [1.29, 1.82) is 0 Å². The van der Waals surface area contributed by atoms with Crippen molar-refractivity contribution in [3.63, 3.8) is 0 Å². The van der Waals surface area contributed by atoms with Crippen LogP contribution < -0.4 is 0 Å². The van der Waals surface area contributed by atoms with Crippen LogP contribution in [0.15, 0.2) is 134 Å². The number of esters is 3. The lowest BCUT2D eigenvalue weighted by Gasteiger charge is -2.40. The van der Waals surface area contributed by atoms with Gasteiger partial charge in [0.25, 0.3) is 0 Å². The number of unbranched alkanes of at least 4 members (excludes halogenated alkanes) is 13. The van der Waals surface area contributed by atoms with E-state index in [-0.39, 0.29) is 25.9 Å². The quantitative estimate of drug-likeness (QED) is 0.0228. The van der Waals surface area contributed by atoms with Crippen LogP contribution in [0.2, 0.25) is 0 Å². The molecule has 0 saturated carbocycles. The Morgan fingerprint density at radius 1 is 0.430 bits per heavy atom. The first-order chi connectivity index (χ1) is 38.6. The highest BCUT2D eigenvalue weighted by Gasteiger charge is 2.50. The van der Waals surface area contributed by atoms with Crippen LogP contribution in [-0.4, -0.2) is 89.2 Å². The van der Waals surface area contributed by atoms with E-state index in [0.717, 1.165) is 128 Å². The average molecular weight is 1100 g/mol. The minimum atomic E-state index is -1.93. The summed E-state index contributed by atoms with van der Waals surface area (Å²) in [5, 5.41) is 31.5. The van der Waals surface area contributed by atoms with Gasteiger partial charge in [-0.25, -0.2) is 4.79 Å². The molecule has 0 aliphatic carbocycles. The number of aliphatic carboxylic acids is 1. The topological polar surface area (TPSA) is 175 Å². The van der Waals surface area contributed by atoms with Crippen molar-refractivity contribution in [3.05, 3.63) is 134 Å². The van der Waals surface area contributed by atoms with Gasteiger partial charge in [-0.2, -0.15) is 0 Å². The molecule has 0 aromatic carbocycles. The molecule has 6 unspecified atom stereocenters. The molecule has 0 radical (unpaired) electrons. The highest BCUT2D eigenvalue weighted by Crippen LogP contribution is 2.26. The maximum Gasteiger partial charge on any atom is 0.335 e. The molecule has 12 heteroatoms. The van der Waals surface area contributed by atoms with E-state index < -0.39 is 67.3 Å². The molecule has 1 aliphatic heterocycles. The third kappa shape index (κ3) is 43.4. The second kappa shape index (κ2) is 53.5. The summed E-state index contributed by atoms with van der Waals surface area (Å²) in [6.07, 6.45) is 62.7. The van der Waals surface area contributed by atoms with Crippen molar-refractivity contribution in [2.24, 2.45) is 0 Å². The van der Waals surface area contributed by atoms with Gasteiger partial charge in [0, 0.05) is 19.3 Å². The molecule has 0 aromatic rings. The van der Waals surface area contributed by atoms with Gasteiger partial charge >= 0.3 is 23.9 Å². The molecule has 12 nitrogen and oxygen atoms in total. The molecule has 1 fully saturated rings. The second-order valence-electron chi connectivity index (χ2n) is 19.9. The summed E-state index contributed by atoms with van der Waals surface area (Å²) >= 11 is 0. The largest absolute Gasteiger partial charge is 0.479 e. The van der Waals surface area contributed by atoms with E-state index in [0.29, 0.717) is 25.7 Å². The van der Waals surface area contributed by atoms with Gasteiger partial charge in [-0.1, -0.05) is 199 Å². The van der Waals surface area contributed by atoms with Gasteiger partial charge in [0.05, 0.1) is 6.61 Å². The molecule has 0 spiro atoms. The van der Waals surface area contributed by atoms with Crippen molar-refractivity contribution in [2.75, 3.05) is 13.2 Å². The van der Waals surface area contributed by atoms with Crippen LogP contribution in [0.1, 0.15) is 213 Å². The maximum atomic E-state index is 13.2.